The minimum absolute atomic E-state index is 0.0440. The third-order valence-corrected chi connectivity index (χ3v) is 5.16. The number of nitrogens with zero attached hydrogens (tertiary/aromatic N) is 2. The molecular weight excluding hydrogens is 486 g/mol. The molecule has 2 rings (SSSR count). The van der Waals surface area contributed by atoms with Gasteiger partial charge in [0.05, 0.1) is 17.2 Å². The van der Waals surface area contributed by atoms with Gasteiger partial charge in [0.25, 0.3) is 5.91 Å². The SMILES string of the molecule is CN(C)C(=O)C=CC(Cc1ccc(Cl)cc1)N(C)C(=O)c1cc(C(F)(F)F)cc(C(F)(F)F)c1. The summed E-state index contributed by atoms with van der Waals surface area (Å²) in [6.45, 7) is 0. The van der Waals surface area contributed by atoms with Gasteiger partial charge in [-0.15, -0.1) is 0 Å². The van der Waals surface area contributed by atoms with Crippen LogP contribution in [-0.4, -0.2) is 48.8 Å². The molecule has 2 amide bonds. The van der Waals surface area contributed by atoms with Crippen LogP contribution < -0.4 is 0 Å². The molecular formula is C23H21ClF6N2O2. The van der Waals surface area contributed by atoms with Gasteiger partial charge in [0, 0.05) is 37.8 Å². The number of rotatable bonds is 6. The van der Waals surface area contributed by atoms with Crippen molar-refractivity contribution in [3.63, 3.8) is 0 Å². The van der Waals surface area contributed by atoms with Gasteiger partial charge in [0.15, 0.2) is 0 Å². The van der Waals surface area contributed by atoms with Gasteiger partial charge < -0.3 is 9.80 Å². The largest absolute Gasteiger partial charge is 0.416 e. The normalized spacial score (nSPS) is 13.1. The molecule has 0 spiro atoms. The molecule has 1 atom stereocenters. The van der Waals surface area contributed by atoms with Crippen LogP contribution in [0, 0.1) is 0 Å². The molecule has 11 heteroatoms. The maximum atomic E-state index is 13.2. The van der Waals surface area contributed by atoms with Gasteiger partial charge in [0.1, 0.15) is 0 Å². The number of hydrogen-bond donors (Lipinski definition) is 0. The highest BCUT2D eigenvalue weighted by Gasteiger charge is 2.38. The topological polar surface area (TPSA) is 40.6 Å². The van der Waals surface area contributed by atoms with Crippen molar-refractivity contribution in [1.29, 1.82) is 0 Å². The van der Waals surface area contributed by atoms with E-state index in [1.165, 1.54) is 38.2 Å². The summed E-state index contributed by atoms with van der Waals surface area (Å²) in [5.74, 6) is -1.49. The van der Waals surface area contributed by atoms with Crippen molar-refractivity contribution in [3.05, 3.63) is 81.9 Å². The number of benzene rings is 2. The number of carbonyl (C=O) groups excluding carboxylic acids is 2. The van der Waals surface area contributed by atoms with Gasteiger partial charge in [-0.2, -0.15) is 26.3 Å². The zero-order valence-electron chi connectivity index (χ0n) is 18.3. The molecule has 4 nitrogen and oxygen atoms in total. The van der Waals surface area contributed by atoms with Gasteiger partial charge >= 0.3 is 12.4 Å². The second kappa shape index (κ2) is 10.5. The number of hydrogen-bond acceptors (Lipinski definition) is 2. The zero-order valence-corrected chi connectivity index (χ0v) is 19.1. The van der Waals surface area contributed by atoms with Crippen molar-refractivity contribution < 1.29 is 35.9 Å². The molecule has 0 saturated heterocycles. The molecule has 2 aromatic rings. The van der Waals surface area contributed by atoms with Crippen LogP contribution in [-0.2, 0) is 23.6 Å². The second-order valence-electron chi connectivity index (χ2n) is 7.70. The summed E-state index contributed by atoms with van der Waals surface area (Å²) >= 11 is 5.87. The predicted molar refractivity (Wildman–Crippen MR) is 115 cm³/mol. The highest BCUT2D eigenvalue weighted by Crippen LogP contribution is 2.36. The van der Waals surface area contributed by atoms with E-state index in [-0.39, 0.29) is 12.5 Å². The Balaban J connectivity index is 2.48. The number of halogens is 7. The van der Waals surface area contributed by atoms with Crippen molar-refractivity contribution in [2.45, 2.75) is 24.8 Å². The lowest BCUT2D eigenvalue weighted by Gasteiger charge is -2.27. The van der Waals surface area contributed by atoms with E-state index in [1.54, 1.807) is 24.3 Å². The number of likely N-dealkylation sites (N-methyl/N-ethyl adjacent to an activating group) is 2. The minimum atomic E-state index is -5.09. The van der Waals surface area contributed by atoms with Gasteiger partial charge in [0.2, 0.25) is 5.91 Å². The van der Waals surface area contributed by atoms with Crippen LogP contribution in [0.3, 0.4) is 0 Å². The molecule has 0 aliphatic carbocycles. The van der Waals surface area contributed by atoms with E-state index >= 15 is 0 Å². The molecule has 0 aliphatic rings. The number of alkyl halides is 6. The van der Waals surface area contributed by atoms with Crippen LogP contribution >= 0.6 is 11.6 Å². The molecule has 1 unspecified atom stereocenters. The Morgan fingerprint density at radius 1 is 0.912 bits per heavy atom. The summed E-state index contributed by atoms with van der Waals surface area (Å²) < 4.78 is 79.2. The maximum Gasteiger partial charge on any atom is 0.416 e. The van der Waals surface area contributed by atoms with Crippen molar-refractivity contribution in [2.24, 2.45) is 0 Å². The maximum absolute atomic E-state index is 13.2. The average Bonchev–Trinajstić information content (AvgIpc) is 2.75. The van der Waals surface area contributed by atoms with Crippen molar-refractivity contribution in [2.75, 3.05) is 21.1 Å². The minimum Gasteiger partial charge on any atom is -0.345 e. The predicted octanol–water partition coefficient (Wildman–Crippen LogP) is 5.71. The first-order chi connectivity index (χ1) is 15.6. The first kappa shape index (κ1) is 27.2. The standard InChI is InChI=1S/C23H21ClF6N2O2/c1-31(2)20(33)9-8-19(10-14-4-6-18(24)7-5-14)32(3)21(34)15-11-16(22(25,26)27)13-17(12-15)23(28,29)30/h4-9,11-13,19H,10H2,1-3H3. The number of carbonyl (C=O) groups is 2. The quantitative estimate of drug-likeness (QED) is 0.372. The summed E-state index contributed by atoms with van der Waals surface area (Å²) in [4.78, 5) is 27.2. The third-order valence-electron chi connectivity index (χ3n) is 4.91. The van der Waals surface area contributed by atoms with E-state index in [0.29, 0.717) is 22.7 Å². The molecule has 0 N–H and O–H groups in total. The van der Waals surface area contributed by atoms with Crippen LogP contribution in [0.2, 0.25) is 5.02 Å². The highest BCUT2D eigenvalue weighted by atomic mass is 35.5. The number of amides is 2. The van der Waals surface area contributed by atoms with E-state index in [0.717, 1.165) is 4.90 Å². The molecule has 0 radical (unpaired) electrons. The first-order valence-corrected chi connectivity index (χ1v) is 10.2. The van der Waals surface area contributed by atoms with Crippen molar-refractivity contribution in [3.8, 4) is 0 Å². The summed E-state index contributed by atoms with van der Waals surface area (Å²) in [6, 6.07) is 6.34. The molecule has 0 fully saturated rings. The van der Waals surface area contributed by atoms with E-state index in [1.807, 2.05) is 0 Å². The fourth-order valence-electron chi connectivity index (χ4n) is 2.97. The van der Waals surface area contributed by atoms with Crippen LogP contribution in [0.15, 0.2) is 54.6 Å². The van der Waals surface area contributed by atoms with Crippen LogP contribution in [0.25, 0.3) is 0 Å². The molecule has 34 heavy (non-hydrogen) atoms. The Bertz CT molecular complexity index is 1030. The average molecular weight is 507 g/mol. The second-order valence-corrected chi connectivity index (χ2v) is 8.14. The highest BCUT2D eigenvalue weighted by molar-refractivity contribution is 6.30. The molecule has 2 aromatic carbocycles. The summed E-state index contributed by atoms with van der Waals surface area (Å²) in [5, 5.41) is 0.451. The lowest BCUT2D eigenvalue weighted by atomic mass is 10.0. The Morgan fingerprint density at radius 3 is 1.85 bits per heavy atom. The van der Waals surface area contributed by atoms with Gasteiger partial charge in [-0.05, 0) is 42.3 Å². The molecule has 0 saturated carbocycles. The molecule has 0 bridgehead atoms. The van der Waals surface area contributed by atoms with E-state index in [2.05, 4.69) is 0 Å². The Hall–Kier alpha value is -3.01. The molecule has 0 aromatic heterocycles. The first-order valence-electron chi connectivity index (χ1n) is 9.80. The summed E-state index contributed by atoms with van der Waals surface area (Å²) in [7, 11) is 4.23. The summed E-state index contributed by atoms with van der Waals surface area (Å²) in [6.07, 6.45) is -7.50. The molecule has 0 heterocycles. The lowest BCUT2D eigenvalue weighted by molar-refractivity contribution is -0.143. The molecule has 184 valence electrons. The fraction of sp³-hybridized carbons (Fsp3) is 0.304. The third kappa shape index (κ3) is 7.24. The van der Waals surface area contributed by atoms with Crippen LogP contribution in [0.5, 0.6) is 0 Å². The van der Waals surface area contributed by atoms with E-state index < -0.39 is 46.9 Å². The van der Waals surface area contributed by atoms with Gasteiger partial charge in [-0.25, -0.2) is 0 Å². The van der Waals surface area contributed by atoms with E-state index in [9.17, 15) is 35.9 Å². The zero-order chi connectivity index (χ0) is 25.8. The van der Waals surface area contributed by atoms with Crippen molar-refractivity contribution in [1.82, 2.24) is 9.80 Å². The lowest BCUT2D eigenvalue weighted by Crippen LogP contribution is -2.38. The van der Waals surface area contributed by atoms with Gasteiger partial charge in [-0.1, -0.05) is 29.8 Å². The fourth-order valence-corrected chi connectivity index (χ4v) is 3.10. The molecule has 0 aliphatic heterocycles. The Kier molecular flexibility index (Phi) is 8.41. The van der Waals surface area contributed by atoms with E-state index in [4.69, 9.17) is 11.6 Å². The Morgan fingerprint density at radius 2 is 1.41 bits per heavy atom. The summed E-state index contributed by atoms with van der Waals surface area (Å²) in [5.41, 5.74) is -3.28. The van der Waals surface area contributed by atoms with Crippen LogP contribution in [0.4, 0.5) is 26.3 Å². The van der Waals surface area contributed by atoms with Gasteiger partial charge in [-0.3, -0.25) is 9.59 Å². The van der Waals surface area contributed by atoms with Crippen LogP contribution in [0.1, 0.15) is 27.0 Å². The monoisotopic (exact) mass is 506 g/mol. The Labute approximate surface area is 197 Å². The van der Waals surface area contributed by atoms with Crippen molar-refractivity contribution >= 4 is 23.4 Å². The smallest absolute Gasteiger partial charge is 0.345 e.